The summed E-state index contributed by atoms with van der Waals surface area (Å²) in [6.45, 7) is 10.5. The number of carbonyl (C=O) groups is 1. The highest BCUT2D eigenvalue weighted by molar-refractivity contribution is 6.30. The molecular formula is C21H31ClO2. The van der Waals surface area contributed by atoms with Crippen LogP contribution in [0, 0.1) is 0 Å². The zero-order valence-electron chi connectivity index (χ0n) is 15.7. The molecule has 0 saturated carbocycles. The molecular weight excluding hydrogens is 320 g/mol. The summed E-state index contributed by atoms with van der Waals surface area (Å²) in [4.78, 5) is 11.8. The zero-order valence-corrected chi connectivity index (χ0v) is 16.5. The SMILES string of the molecule is C/C=C(\C)CC(C)c1cc(Cl)ccc1OC(C=O)(CCC)CCC. The van der Waals surface area contributed by atoms with Crippen LogP contribution in [0.4, 0.5) is 0 Å². The summed E-state index contributed by atoms with van der Waals surface area (Å²) in [5.41, 5.74) is 1.67. The number of aldehydes is 1. The Labute approximate surface area is 152 Å². The Morgan fingerprint density at radius 1 is 1.29 bits per heavy atom. The van der Waals surface area contributed by atoms with Gasteiger partial charge in [-0.25, -0.2) is 0 Å². The van der Waals surface area contributed by atoms with Crippen LogP contribution in [0.25, 0.3) is 0 Å². The smallest absolute Gasteiger partial charge is 0.164 e. The summed E-state index contributed by atoms with van der Waals surface area (Å²) in [5, 5.41) is 0.699. The maximum atomic E-state index is 11.8. The Morgan fingerprint density at radius 2 is 1.92 bits per heavy atom. The molecule has 3 heteroatoms. The van der Waals surface area contributed by atoms with Crippen molar-refractivity contribution in [2.24, 2.45) is 0 Å². The molecule has 2 nitrogen and oxygen atoms in total. The van der Waals surface area contributed by atoms with Gasteiger partial charge in [0, 0.05) is 5.02 Å². The predicted molar refractivity (Wildman–Crippen MR) is 103 cm³/mol. The summed E-state index contributed by atoms with van der Waals surface area (Å²) in [6.07, 6.45) is 7.35. The van der Waals surface area contributed by atoms with Gasteiger partial charge in [0.25, 0.3) is 0 Å². The van der Waals surface area contributed by atoms with E-state index in [1.165, 1.54) is 5.57 Å². The van der Waals surface area contributed by atoms with E-state index in [1.807, 2.05) is 18.2 Å². The highest BCUT2D eigenvalue weighted by Gasteiger charge is 2.31. The Bertz CT molecular complexity index is 557. The van der Waals surface area contributed by atoms with Crippen LogP contribution >= 0.6 is 11.6 Å². The lowest BCUT2D eigenvalue weighted by Crippen LogP contribution is -2.38. The van der Waals surface area contributed by atoms with Gasteiger partial charge >= 0.3 is 0 Å². The molecule has 1 atom stereocenters. The van der Waals surface area contributed by atoms with Gasteiger partial charge in [0.05, 0.1) is 0 Å². The highest BCUT2D eigenvalue weighted by atomic mass is 35.5. The molecule has 1 rings (SSSR count). The molecule has 134 valence electrons. The third kappa shape index (κ3) is 5.66. The lowest BCUT2D eigenvalue weighted by atomic mass is 9.91. The van der Waals surface area contributed by atoms with Gasteiger partial charge in [-0.05, 0) is 62.8 Å². The first-order valence-corrected chi connectivity index (χ1v) is 9.35. The Morgan fingerprint density at radius 3 is 2.42 bits per heavy atom. The second kappa shape index (κ2) is 9.88. The fourth-order valence-corrected chi connectivity index (χ4v) is 3.32. The van der Waals surface area contributed by atoms with Gasteiger partial charge in [0.1, 0.15) is 5.75 Å². The first kappa shape index (κ1) is 20.8. The van der Waals surface area contributed by atoms with Crippen molar-refractivity contribution >= 4 is 17.9 Å². The Balaban J connectivity index is 3.20. The van der Waals surface area contributed by atoms with Gasteiger partial charge in [0.2, 0.25) is 0 Å². The van der Waals surface area contributed by atoms with E-state index in [2.05, 4.69) is 40.7 Å². The van der Waals surface area contributed by atoms with Crippen molar-refractivity contribution in [2.45, 2.75) is 78.2 Å². The standard InChI is InChI=1S/C21H31ClO2/c1-6-11-21(15-23,12-7-2)24-20-10-9-18(22)14-19(20)17(5)13-16(4)8-3/h8-10,14-15,17H,6-7,11-13H2,1-5H3/b16-8+. The topological polar surface area (TPSA) is 26.3 Å². The molecule has 24 heavy (non-hydrogen) atoms. The van der Waals surface area contributed by atoms with Crippen molar-refractivity contribution in [2.75, 3.05) is 0 Å². The van der Waals surface area contributed by atoms with E-state index in [0.717, 1.165) is 49.7 Å². The number of benzene rings is 1. The third-order valence-electron chi connectivity index (χ3n) is 4.50. The molecule has 0 saturated heterocycles. The lowest BCUT2D eigenvalue weighted by Gasteiger charge is -2.31. The van der Waals surface area contributed by atoms with Crippen molar-refractivity contribution in [1.82, 2.24) is 0 Å². The van der Waals surface area contributed by atoms with E-state index in [4.69, 9.17) is 16.3 Å². The van der Waals surface area contributed by atoms with E-state index in [0.29, 0.717) is 5.02 Å². The number of hydrogen-bond acceptors (Lipinski definition) is 2. The summed E-state index contributed by atoms with van der Waals surface area (Å²) in [7, 11) is 0. The number of allylic oxidation sites excluding steroid dienone is 2. The molecule has 0 spiro atoms. The van der Waals surface area contributed by atoms with Crippen LogP contribution in [0.5, 0.6) is 5.75 Å². The molecule has 0 N–H and O–H groups in total. The number of halogens is 1. The van der Waals surface area contributed by atoms with Gasteiger partial charge in [-0.2, -0.15) is 0 Å². The van der Waals surface area contributed by atoms with Crippen LogP contribution in [0.2, 0.25) is 5.02 Å². The van der Waals surface area contributed by atoms with Gasteiger partial charge in [0.15, 0.2) is 11.9 Å². The minimum absolute atomic E-state index is 0.280. The molecule has 1 aromatic carbocycles. The minimum atomic E-state index is -0.735. The molecule has 0 radical (unpaired) electrons. The minimum Gasteiger partial charge on any atom is -0.480 e. The molecule has 0 fully saturated rings. The van der Waals surface area contributed by atoms with Crippen LogP contribution in [0.15, 0.2) is 29.8 Å². The van der Waals surface area contributed by atoms with E-state index in [9.17, 15) is 4.79 Å². The molecule has 0 aliphatic carbocycles. The first-order valence-electron chi connectivity index (χ1n) is 8.97. The van der Waals surface area contributed by atoms with Gasteiger partial charge in [-0.1, -0.05) is 56.9 Å². The monoisotopic (exact) mass is 350 g/mol. The van der Waals surface area contributed by atoms with E-state index in [-0.39, 0.29) is 5.92 Å². The van der Waals surface area contributed by atoms with Crippen LogP contribution in [0.1, 0.15) is 78.2 Å². The first-order chi connectivity index (χ1) is 11.4. The van der Waals surface area contributed by atoms with Gasteiger partial charge < -0.3 is 4.74 Å². The van der Waals surface area contributed by atoms with Crippen molar-refractivity contribution < 1.29 is 9.53 Å². The van der Waals surface area contributed by atoms with Crippen LogP contribution in [-0.4, -0.2) is 11.9 Å². The largest absolute Gasteiger partial charge is 0.480 e. The number of hydrogen-bond donors (Lipinski definition) is 0. The maximum Gasteiger partial charge on any atom is 0.164 e. The quantitative estimate of drug-likeness (QED) is 0.346. The number of rotatable bonds is 10. The average Bonchev–Trinajstić information content (AvgIpc) is 2.56. The molecule has 0 heterocycles. The van der Waals surface area contributed by atoms with E-state index >= 15 is 0 Å². The fourth-order valence-electron chi connectivity index (χ4n) is 3.14. The normalized spacial score (nSPS) is 13.7. The summed E-state index contributed by atoms with van der Waals surface area (Å²) in [5.74, 6) is 1.06. The third-order valence-corrected chi connectivity index (χ3v) is 4.73. The van der Waals surface area contributed by atoms with Crippen LogP contribution in [0.3, 0.4) is 0 Å². The summed E-state index contributed by atoms with van der Waals surface area (Å²) in [6, 6.07) is 5.71. The lowest BCUT2D eigenvalue weighted by molar-refractivity contribution is -0.122. The van der Waals surface area contributed by atoms with Crippen LogP contribution in [-0.2, 0) is 4.79 Å². The summed E-state index contributed by atoms with van der Waals surface area (Å²) >= 11 is 6.22. The van der Waals surface area contributed by atoms with Gasteiger partial charge in [-0.3, -0.25) is 4.79 Å². The second-order valence-electron chi connectivity index (χ2n) is 6.71. The maximum absolute atomic E-state index is 11.8. The molecule has 1 unspecified atom stereocenters. The highest BCUT2D eigenvalue weighted by Crippen LogP contribution is 2.36. The molecule has 1 aromatic rings. The van der Waals surface area contributed by atoms with E-state index < -0.39 is 5.60 Å². The van der Waals surface area contributed by atoms with Crippen molar-refractivity contribution in [3.05, 3.63) is 40.4 Å². The van der Waals surface area contributed by atoms with Crippen LogP contribution < -0.4 is 4.74 Å². The van der Waals surface area contributed by atoms with Crippen molar-refractivity contribution in [3.8, 4) is 5.75 Å². The van der Waals surface area contributed by atoms with Crippen molar-refractivity contribution in [3.63, 3.8) is 0 Å². The van der Waals surface area contributed by atoms with Gasteiger partial charge in [-0.15, -0.1) is 0 Å². The number of carbonyl (C=O) groups excluding carboxylic acids is 1. The molecule has 0 bridgehead atoms. The second-order valence-corrected chi connectivity index (χ2v) is 7.14. The molecule has 0 aromatic heterocycles. The molecule has 0 aliphatic heterocycles. The fraction of sp³-hybridized carbons (Fsp3) is 0.571. The Kier molecular flexibility index (Phi) is 8.55. The van der Waals surface area contributed by atoms with E-state index in [1.54, 1.807) is 0 Å². The summed E-state index contributed by atoms with van der Waals surface area (Å²) < 4.78 is 6.31. The van der Waals surface area contributed by atoms with Crippen molar-refractivity contribution in [1.29, 1.82) is 0 Å². The molecule has 0 amide bonds. The average molecular weight is 351 g/mol. The number of ether oxygens (including phenoxy) is 1. The Hall–Kier alpha value is -1.28. The predicted octanol–water partition coefficient (Wildman–Crippen LogP) is 6.72. The zero-order chi connectivity index (χ0) is 18.2. The molecule has 0 aliphatic rings.